The topological polar surface area (TPSA) is 32.3 Å². The molecule has 1 saturated heterocycles. The zero-order valence-electron chi connectivity index (χ0n) is 11.9. The van der Waals surface area contributed by atoms with Gasteiger partial charge in [-0.25, -0.2) is 8.78 Å². The Labute approximate surface area is 118 Å². The highest BCUT2D eigenvalue weighted by atomic mass is 19.1. The molecule has 1 amide bonds. The summed E-state index contributed by atoms with van der Waals surface area (Å²) in [4.78, 5) is 14.1. The first-order valence-corrected chi connectivity index (χ1v) is 6.96. The number of piperidine rings is 1. The van der Waals surface area contributed by atoms with Crippen LogP contribution in [0.1, 0.15) is 35.2 Å². The predicted molar refractivity (Wildman–Crippen MR) is 73.7 cm³/mol. The minimum absolute atomic E-state index is 0.000521. The lowest BCUT2D eigenvalue weighted by Crippen LogP contribution is -2.48. The first-order chi connectivity index (χ1) is 9.56. The number of nitrogens with zero attached hydrogens (tertiary/aromatic N) is 1. The Kier molecular flexibility index (Phi) is 4.70. The lowest BCUT2D eigenvalue weighted by molar-refractivity contribution is 0.0605. The third-order valence-electron chi connectivity index (χ3n) is 3.83. The van der Waals surface area contributed by atoms with Crippen molar-refractivity contribution in [1.82, 2.24) is 10.2 Å². The number of carbonyl (C=O) groups excluding carboxylic acids is 1. The van der Waals surface area contributed by atoms with Crippen LogP contribution in [0.25, 0.3) is 0 Å². The van der Waals surface area contributed by atoms with Crippen LogP contribution in [-0.4, -0.2) is 37.0 Å². The molecular formula is C15H20F2N2O. The number of likely N-dealkylation sites (tertiary alicyclic amines) is 1. The molecule has 1 unspecified atom stereocenters. The summed E-state index contributed by atoms with van der Waals surface area (Å²) < 4.78 is 27.9. The quantitative estimate of drug-likeness (QED) is 0.924. The second-order valence-electron chi connectivity index (χ2n) is 5.26. The van der Waals surface area contributed by atoms with Crippen molar-refractivity contribution in [2.45, 2.75) is 32.2 Å². The monoisotopic (exact) mass is 282 g/mol. The standard InChI is InChI=1S/C15H20F2N2O/c1-10-6-7-12(16)13(14(10)17)15(20)19-8-4-3-5-11(19)9-18-2/h6-7,11,18H,3-5,8-9H2,1-2H3. The maximum Gasteiger partial charge on any atom is 0.260 e. The van der Waals surface area contributed by atoms with E-state index in [0.29, 0.717) is 13.1 Å². The molecule has 0 bridgehead atoms. The molecule has 1 heterocycles. The van der Waals surface area contributed by atoms with Crippen molar-refractivity contribution in [1.29, 1.82) is 0 Å². The molecule has 0 radical (unpaired) electrons. The Morgan fingerprint density at radius 2 is 2.15 bits per heavy atom. The number of benzene rings is 1. The van der Waals surface area contributed by atoms with Gasteiger partial charge in [0.15, 0.2) is 0 Å². The molecule has 110 valence electrons. The van der Waals surface area contributed by atoms with Crippen molar-refractivity contribution >= 4 is 5.91 Å². The van der Waals surface area contributed by atoms with Crippen LogP contribution >= 0.6 is 0 Å². The first kappa shape index (κ1) is 14.9. The van der Waals surface area contributed by atoms with Gasteiger partial charge in [-0.1, -0.05) is 6.07 Å². The highest BCUT2D eigenvalue weighted by Gasteiger charge is 2.30. The summed E-state index contributed by atoms with van der Waals surface area (Å²) in [6, 6.07) is 2.51. The van der Waals surface area contributed by atoms with E-state index in [-0.39, 0.29) is 11.6 Å². The van der Waals surface area contributed by atoms with E-state index in [9.17, 15) is 13.6 Å². The van der Waals surface area contributed by atoms with Gasteiger partial charge in [-0.2, -0.15) is 0 Å². The highest BCUT2D eigenvalue weighted by Crippen LogP contribution is 2.23. The summed E-state index contributed by atoms with van der Waals surface area (Å²) in [5.41, 5.74) is -0.134. The van der Waals surface area contributed by atoms with Crippen LogP contribution in [0.15, 0.2) is 12.1 Å². The average molecular weight is 282 g/mol. The minimum atomic E-state index is -0.785. The molecule has 0 saturated carbocycles. The van der Waals surface area contributed by atoms with Crippen LogP contribution in [0.5, 0.6) is 0 Å². The summed E-state index contributed by atoms with van der Waals surface area (Å²) >= 11 is 0. The summed E-state index contributed by atoms with van der Waals surface area (Å²) in [5, 5.41) is 3.03. The van der Waals surface area contributed by atoms with Crippen molar-refractivity contribution in [3.05, 3.63) is 34.9 Å². The van der Waals surface area contributed by atoms with Gasteiger partial charge in [0.25, 0.3) is 5.91 Å². The van der Waals surface area contributed by atoms with Gasteiger partial charge in [0.2, 0.25) is 0 Å². The number of likely N-dealkylation sites (N-methyl/N-ethyl adjacent to an activating group) is 1. The van der Waals surface area contributed by atoms with Crippen molar-refractivity contribution < 1.29 is 13.6 Å². The summed E-state index contributed by atoms with van der Waals surface area (Å²) in [6.07, 6.45) is 2.78. The number of amides is 1. The average Bonchev–Trinajstić information content (AvgIpc) is 2.44. The molecule has 1 fully saturated rings. The van der Waals surface area contributed by atoms with Gasteiger partial charge in [0.05, 0.1) is 0 Å². The Morgan fingerprint density at radius 1 is 1.40 bits per heavy atom. The summed E-state index contributed by atoms with van der Waals surface area (Å²) in [5.74, 6) is -2.07. The second-order valence-corrected chi connectivity index (χ2v) is 5.26. The van der Waals surface area contributed by atoms with Gasteiger partial charge >= 0.3 is 0 Å². The predicted octanol–water partition coefficient (Wildman–Crippen LogP) is 2.49. The molecule has 1 aliphatic rings. The van der Waals surface area contributed by atoms with Crippen molar-refractivity contribution in [2.75, 3.05) is 20.1 Å². The molecule has 0 aromatic heterocycles. The Morgan fingerprint density at radius 3 is 2.85 bits per heavy atom. The minimum Gasteiger partial charge on any atom is -0.334 e. The molecule has 3 nitrogen and oxygen atoms in total. The number of carbonyl (C=O) groups is 1. The van der Waals surface area contributed by atoms with E-state index in [1.165, 1.54) is 13.0 Å². The Balaban J connectivity index is 2.32. The van der Waals surface area contributed by atoms with Gasteiger partial charge < -0.3 is 10.2 Å². The number of halogens is 2. The van der Waals surface area contributed by atoms with E-state index in [0.717, 1.165) is 25.3 Å². The molecule has 1 aromatic carbocycles. The fourth-order valence-electron chi connectivity index (χ4n) is 2.71. The smallest absolute Gasteiger partial charge is 0.260 e. The van der Waals surface area contributed by atoms with E-state index in [1.54, 1.807) is 4.90 Å². The first-order valence-electron chi connectivity index (χ1n) is 6.96. The fourth-order valence-corrected chi connectivity index (χ4v) is 2.71. The van der Waals surface area contributed by atoms with E-state index >= 15 is 0 Å². The number of nitrogens with one attached hydrogen (secondary N) is 1. The fraction of sp³-hybridized carbons (Fsp3) is 0.533. The molecule has 0 spiro atoms. The molecule has 2 rings (SSSR count). The van der Waals surface area contributed by atoms with Crippen molar-refractivity contribution in [2.24, 2.45) is 0 Å². The van der Waals surface area contributed by atoms with Crippen LogP contribution in [-0.2, 0) is 0 Å². The SMILES string of the molecule is CNCC1CCCCN1C(=O)c1c(F)ccc(C)c1F. The van der Waals surface area contributed by atoms with Crippen LogP contribution < -0.4 is 5.32 Å². The number of aryl methyl sites for hydroxylation is 1. The number of hydrogen-bond donors (Lipinski definition) is 1. The normalized spacial score (nSPS) is 19.2. The molecule has 1 atom stereocenters. The van der Waals surface area contributed by atoms with E-state index < -0.39 is 23.1 Å². The van der Waals surface area contributed by atoms with Crippen LogP contribution in [0.4, 0.5) is 8.78 Å². The van der Waals surface area contributed by atoms with Crippen LogP contribution in [0.2, 0.25) is 0 Å². The lowest BCUT2D eigenvalue weighted by atomic mass is 9.99. The molecule has 1 N–H and O–H groups in total. The van der Waals surface area contributed by atoms with Gasteiger partial charge in [-0.15, -0.1) is 0 Å². The molecule has 20 heavy (non-hydrogen) atoms. The molecule has 0 aliphatic carbocycles. The van der Waals surface area contributed by atoms with Crippen LogP contribution in [0, 0.1) is 18.6 Å². The molecule has 1 aromatic rings. The van der Waals surface area contributed by atoms with E-state index in [1.807, 2.05) is 7.05 Å². The van der Waals surface area contributed by atoms with E-state index in [2.05, 4.69) is 5.32 Å². The maximum absolute atomic E-state index is 14.1. The highest BCUT2D eigenvalue weighted by molar-refractivity contribution is 5.95. The van der Waals surface area contributed by atoms with Crippen LogP contribution in [0.3, 0.4) is 0 Å². The van der Waals surface area contributed by atoms with Gasteiger partial charge in [-0.3, -0.25) is 4.79 Å². The maximum atomic E-state index is 14.1. The van der Waals surface area contributed by atoms with Gasteiger partial charge in [0.1, 0.15) is 17.2 Å². The number of rotatable bonds is 3. The van der Waals surface area contributed by atoms with Gasteiger partial charge in [-0.05, 0) is 44.9 Å². The molecule has 1 aliphatic heterocycles. The zero-order chi connectivity index (χ0) is 14.7. The number of hydrogen-bond acceptors (Lipinski definition) is 2. The third-order valence-corrected chi connectivity index (χ3v) is 3.83. The van der Waals surface area contributed by atoms with Crippen molar-refractivity contribution in [3.63, 3.8) is 0 Å². The lowest BCUT2D eigenvalue weighted by Gasteiger charge is -2.36. The summed E-state index contributed by atoms with van der Waals surface area (Å²) in [7, 11) is 1.81. The van der Waals surface area contributed by atoms with E-state index in [4.69, 9.17) is 0 Å². The Bertz CT molecular complexity index is 503. The molecular weight excluding hydrogens is 262 g/mol. The Hall–Kier alpha value is -1.49. The molecule has 5 heteroatoms. The van der Waals surface area contributed by atoms with Crippen molar-refractivity contribution in [3.8, 4) is 0 Å². The second kappa shape index (κ2) is 6.31. The van der Waals surface area contributed by atoms with Gasteiger partial charge in [0, 0.05) is 19.1 Å². The summed E-state index contributed by atoms with van der Waals surface area (Å²) in [6.45, 7) is 2.73. The third kappa shape index (κ3) is 2.82. The largest absolute Gasteiger partial charge is 0.334 e. The zero-order valence-corrected chi connectivity index (χ0v) is 11.9.